The molecular formula is C29H42N2O7. The zero-order valence-electron chi connectivity index (χ0n) is 22.7. The van der Waals surface area contributed by atoms with Crippen molar-refractivity contribution in [1.82, 2.24) is 10.2 Å². The maximum Gasteiger partial charge on any atom is 0.409 e. The number of rotatable bonds is 20. The third-order valence-corrected chi connectivity index (χ3v) is 6.20. The van der Waals surface area contributed by atoms with Crippen LogP contribution in [0, 0.1) is 0 Å². The molecule has 1 N–H and O–H groups in total. The Labute approximate surface area is 226 Å². The van der Waals surface area contributed by atoms with Gasteiger partial charge in [-0.3, -0.25) is 0 Å². The van der Waals surface area contributed by atoms with Crippen molar-refractivity contribution in [1.29, 1.82) is 0 Å². The summed E-state index contributed by atoms with van der Waals surface area (Å²) in [6.07, 6.45) is -0.353. The maximum absolute atomic E-state index is 12.5. The van der Waals surface area contributed by atoms with E-state index in [2.05, 4.69) is 29.6 Å². The normalized spacial score (nSPS) is 12.4. The lowest BCUT2D eigenvalue weighted by Crippen LogP contribution is -2.32. The van der Waals surface area contributed by atoms with Crippen molar-refractivity contribution in [3.8, 4) is 11.1 Å². The van der Waals surface area contributed by atoms with Crippen LogP contribution in [-0.2, 0) is 28.4 Å². The summed E-state index contributed by atoms with van der Waals surface area (Å²) in [6, 6.07) is 16.6. The van der Waals surface area contributed by atoms with E-state index in [4.69, 9.17) is 28.4 Å². The fraction of sp³-hybridized carbons (Fsp3) is 0.552. The van der Waals surface area contributed by atoms with Gasteiger partial charge in [-0.05, 0) is 29.3 Å². The number of carbonyl (C=O) groups is 1. The highest BCUT2D eigenvalue weighted by Crippen LogP contribution is 2.44. The van der Waals surface area contributed by atoms with Crippen molar-refractivity contribution in [3.05, 3.63) is 59.7 Å². The van der Waals surface area contributed by atoms with E-state index in [1.165, 1.54) is 27.2 Å². The molecule has 0 radical (unpaired) electrons. The summed E-state index contributed by atoms with van der Waals surface area (Å²) in [5.41, 5.74) is 4.83. The summed E-state index contributed by atoms with van der Waals surface area (Å²) in [7, 11) is 3.61. The zero-order chi connectivity index (χ0) is 26.8. The predicted molar refractivity (Wildman–Crippen MR) is 146 cm³/mol. The quantitative estimate of drug-likeness (QED) is 0.261. The van der Waals surface area contributed by atoms with Crippen LogP contribution in [0.1, 0.15) is 17.0 Å². The number of hydrogen-bond donors (Lipinski definition) is 1. The topological polar surface area (TPSA) is 87.7 Å². The van der Waals surface area contributed by atoms with Crippen LogP contribution in [0.5, 0.6) is 0 Å². The predicted octanol–water partition coefficient (Wildman–Crippen LogP) is 3.17. The zero-order valence-corrected chi connectivity index (χ0v) is 22.7. The molecule has 38 heavy (non-hydrogen) atoms. The largest absolute Gasteiger partial charge is 0.448 e. The van der Waals surface area contributed by atoms with Gasteiger partial charge in [-0.15, -0.1) is 0 Å². The smallest absolute Gasteiger partial charge is 0.409 e. The molecule has 0 fully saturated rings. The summed E-state index contributed by atoms with van der Waals surface area (Å²) < 4.78 is 33.0. The average Bonchev–Trinajstić information content (AvgIpc) is 3.27. The van der Waals surface area contributed by atoms with E-state index in [0.29, 0.717) is 79.2 Å². The van der Waals surface area contributed by atoms with Gasteiger partial charge in [0.05, 0.1) is 66.1 Å². The Morgan fingerprint density at radius 1 is 0.711 bits per heavy atom. The Bertz CT molecular complexity index is 897. The SMILES string of the molecule is CNCCOCCOCCOCCOCCOCCN(C)C(=O)OCC1c2ccccc2-c2ccccc21. The Kier molecular flexibility index (Phi) is 14.1. The number of nitrogens with zero attached hydrogens (tertiary/aromatic N) is 1. The molecular weight excluding hydrogens is 488 g/mol. The van der Waals surface area contributed by atoms with Gasteiger partial charge in [0.15, 0.2) is 0 Å². The van der Waals surface area contributed by atoms with Gasteiger partial charge in [0.2, 0.25) is 0 Å². The third kappa shape index (κ3) is 9.98. The molecule has 0 aromatic heterocycles. The Morgan fingerprint density at radius 2 is 1.16 bits per heavy atom. The fourth-order valence-corrected chi connectivity index (χ4v) is 4.15. The molecule has 2 aromatic rings. The molecule has 3 rings (SSSR count). The molecule has 210 valence electrons. The summed E-state index contributed by atoms with van der Waals surface area (Å²) >= 11 is 0. The Hall–Kier alpha value is -2.53. The van der Waals surface area contributed by atoms with Gasteiger partial charge in [0.25, 0.3) is 0 Å². The molecule has 9 nitrogen and oxygen atoms in total. The number of ether oxygens (including phenoxy) is 6. The van der Waals surface area contributed by atoms with Crippen LogP contribution in [0.25, 0.3) is 11.1 Å². The number of amides is 1. The highest BCUT2D eigenvalue weighted by molar-refractivity contribution is 5.79. The summed E-state index contributed by atoms with van der Waals surface area (Å²) in [4.78, 5) is 14.1. The van der Waals surface area contributed by atoms with Gasteiger partial charge in [-0.1, -0.05) is 48.5 Å². The molecule has 1 aliphatic carbocycles. The standard InChI is InChI=1S/C29H42N2O7/c1-30-11-13-33-15-17-35-19-21-37-22-20-36-18-16-34-14-12-31(2)29(32)38-23-28-26-9-5-3-7-24(26)25-8-4-6-10-27(25)28/h3-10,28,30H,11-23H2,1-2H3. The summed E-state index contributed by atoms with van der Waals surface area (Å²) in [6.45, 7) is 6.84. The van der Waals surface area contributed by atoms with Crippen LogP contribution in [0.2, 0.25) is 0 Å². The number of benzene rings is 2. The van der Waals surface area contributed by atoms with Gasteiger partial charge in [-0.25, -0.2) is 4.79 Å². The fourth-order valence-electron chi connectivity index (χ4n) is 4.15. The molecule has 0 saturated carbocycles. The van der Waals surface area contributed by atoms with E-state index in [9.17, 15) is 4.79 Å². The van der Waals surface area contributed by atoms with Crippen LogP contribution in [0.4, 0.5) is 4.79 Å². The van der Waals surface area contributed by atoms with Crippen LogP contribution in [0.3, 0.4) is 0 Å². The lowest BCUT2D eigenvalue weighted by molar-refractivity contribution is -0.0117. The monoisotopic (exact) mass is 530 g/mol. The molecule has 0 unspecified atom stereocenters. The third-order valence-electron chi connectivity index (χ3n) is 6.20. The van der Waals surface area contributed by atoms with Crippen molar-refractivity contribution in [2.24, 2.45) is 0 Å². The first-order valence-electron chi connectivity index (χ1n) is 13.3. The number of likely N-dealkylation sites (N-methyl/N-ethyl adjacent to an activating group) is 2. The Morgan fingerprint density at radius 3 is 1.66 bits per heavy atom. The molecule has 1 amide bonds. The molecule has 2 aromatic carbocycles. The second-order valence-electron chi connectivity index (χ2n) is 8.89. The van der Waals surface area contributed by atoms with Crippen LogP contribution < -0.4 is 5.32 Å². The number of carbonyl (C=O) groups excluding carboxylic acids is 1. The molecule has 9 heteroatoms. The molecule has 0 saturated heterocycles. The second kappa shape index (κ2) is 17.9. The van der Waals surface area contributed by atoms with E-state index in [-0.39, 0.29) is 12.0 Å². The summed E-state index contributed by atoms with van der Waals surface area (Å²) in [5, 5.41) is 3.02. The van der Waals surface area contributed by atoms with Crippen LogP contribution in [0.15, 0.2) is 48.5 Å². The van der Waals surface area contributed by atoms with Crippen LogP contribution >= 0.6 is 0 Å². The minimum Gasteiger partial charge on any atom is -0.448 e. The van der Waals surface area contributed by atoms with Crippen molar-refractivity contribution in [2.75, 3.05) is 99.9 Å². The van der Waals surface area contributed by atoms with Gasteiger partial charge >= 0.3 is 6.09 Å². The van der Waals surface area contributed by atoms with Gasteiger partial charge in [0.1, 0.15) is 6.61 Å². The lowest BCUT2D eigenvalue weighted by Gasteiger charge is -2.19. The molecule has 0 heterocycles. The molecule has 1 aliphatic rings. The van der Waals surface area contributed by atoms with E-state index < -0.39 is 0 Å². The first-order chi connectivity index (χ1) is 18.7. The van der Waals surface area contributed by atoms with Crippen molar-refractivity contribution in [3.63, 3.8) is 0 Å². The number of nitrogens with one attached hydrogen (secondary N) is 1. The van der Waals surface area contributed by atoms with E-state index >= 15 is 0 Å². The summed E-state index contributed by atoms with van der Waals surface area (Å²) in [5.74, 6) is 0.0533. The minimum absolute atomic E-state index is 0.0533. The first kappa shape index (κ1) is 30.0. The number of hydrogen-bond acceptors (Lipinski definition) is 8. The second-order valence-corrected chi connectivity index (χ2v) is 8.89. The molecule has 0 spiro atoms. The lowest BCUT2D eigenvalue weighted by atomic mass is 9.98. The van der Waals surface area contributed by atoms with Gasteiger partial charge < -0.3 is 38.6 Å². The first-order valence-corrected chi connectivity index (χ1v) is 13.3. The minimum atomic E-state index is -0.353. The van der Waals surface area contributed by atoms with Gasteiger partial charge in [-0.2, -0.15) is 0 Å². The molecule has 0 aliphatic heterocycles. The van der Waals surface area contributed by atoms with E-state index in [1.54, 1.807) is 7.05 Å². The Balaban J connectivity index is 1.16. The highest BCUT2D eigenvalue weighted by Gasteiger charge is 2.29. The van der Waals surface area contributed by atoms with Crippen molar-refractivity contribution < 1.29 is 33.2 Å². The average molecular weight is 531 g/mol. The van der Waals surface area contributed by atoms with Crippen molar-refractivity contribution in [2.45, 2.75) is 5.92 Å². The highest BCUT2D eigenvalue weighted by atomic mass is 16.6. The van der Waals surface area contributed by atoms with E-state index in [0.717, 1.165) is 6.54 Å². The number of fused-ring (bicyclic) bond motifs is 3. The van der Waals surface area contributed by atoms with Crippen molar-refractivity contribution >= 4 is 6.09 Å². The van der Waals surface area contributed by atoms with Crippen LogP contribution in [-0.4, -0.2) is 111 Å². The van der Waals surface area contributed by atoms with Gasteiger partial charge in [0, 0.05) is 26.1 Å². The molecule has 0 atom stereocenters. The van der Waals surface area contributed by atoms with E-state index in [1.807, 2.05) is 31.3 Å². The molecule has 0 bridgehead atoms. The maximum atomic E-state index is 12.5.